The maximum absolute atomic E-state index is 11.6. The molecule has 0 unspecified atom stereocenters. The average Bonchev–Trinajstić information content (AvgIpc) is 2.30. The number of anilines is 1. The standard InChI is InChI=1S/C12H16N4O/c1-8-5-6-11(15-10(8)7-13)14-9(2)12(17)16(3)4/h5-6,9H,1-4H3,(H,14,15)/t9-/m0/s1. The number of hydrogen-bond acceptors (Lipinski definition) is 4. The molecular weight excluding hydrogens is 216 g/mol. The third-order valence-corrected chi connectivity index (χ3v) is 2.38. The van der Waals surface area contributed by atoms with Crippen LogP contribution in [0.25, 0.3) is 0 Å². The minimum Gasteiger partial charge on any atom is -0.359 e. The number of rotatable bonds is 3. The molecule has 1 atom stereocenters. The van der Waals surface area contributed by atoms with Gasteiger partial charge in [-0.3, -0.25) is 4.79 Å². The molecule has 0 aliphatic carbocycles. The van der Waals surface area contributed by atoms with Crippen molar-refractivity contribution in [2.24, 2.45) is 0 Å². The molecule has 1 amide bonds. The van der Waals surface area contributed by atoms with E-state index in [-0.39, 0.29) is 11.9 Å². The van der Waals surface area contributed by atoms with Crippen LogP contribution >= 0.6 is 0 Å². The summed E-state index contributed by atoms with van der Waals surface area (Å²) in [4.78, 5) is 17.3. The first kappa shape index (κ1) is 13.0. The van der Waals surface area contributed by atoms with Gasteiger partial charge in [-0.05, 0) is 25.5 Å². The summed E-state index contributed by atoms with van der Waals surface area (Å²) in [6.45, 7) is 3.58. The Bertz CT molecular complexity index is 462. The highest BCUT2D eigenvalue weighted by Gasteiger charge is 2.15. The Morgan fingerprint density at radius 3 is 2.71 bits per heavy atom. The highest BCUT2D eigenvalue weighted by atomic mass is 16.2. The molecule has 0 aliphatic rings. The van der Waals surface area contributed by atoms with E-state index >= 15 is 0 Å². The van der Waals surface area contributed by atoms with Crippen molar-refractivity contribution in [2.45, 2.75) is 19.9 Å². The quantitative estimate of drug-likeness (QED) is 0.848. The summed E-state index contributed by atoms with van der Waals surface area (Å²) >= 11 is 0. The topological polar surface area (TPSA) is 69.0 Å². The molecule has 0 aromatic carbocycles. The first-order valence-corrected chi connectivity index (χ1v) is 5.31. The lowest BCUT2D eigenvalue weighted by Crippen LogP contribution is -2.36. The van der Waals surface area contributed by atoms with Gasteiger partial charge >= 0.3 is 0 Å². The molecule has 17 heavy (non-hydrogen) atoms. The van der Waals surface area contributed by atoms with E-state index < -0.39 is 0 Å². The second-order valence-corrected chi connectivity index (χ2v) is 4.07. The van der Waals surface area contributed by atoms with Gasteiger partial charge < -0.3 is 10.2 Å². The van der Waals surface area contributed by atoms with Crippen LogP contribution in [0.4, 0.5) is 5.82 Å². The molecule has 5 nitrogen and oxygen atoms in total. The van der Waals surface area contributed by atoms with Gasteiger partial charge in [0.25, 0.3) is 0 Å². The number of pyridine rings is 1. The lowest BCUT2D eigenvalue weighted by molar-refractivity contribution is -0.129. The number of amides is 1. The molecule has 1 N–H and O–H groups in total. The van der Waals surface area contributed by atoms with Gasteiger partial charge in [0.05, 0.1) is 0 Å². The van der Waals surface area contributed by atoms with Gasteiger partial charge in [0.15, 0.2) is 0 Å². The van der Waals surface area contributed by atoms with Crippen LogP contribution in [0.2, 0.25) is 0 Å². The molecule has 1 aromatic heterocycles. The number of aryl methyl sites for hydroxylation is 1. The highest BCUT2D eigenvalue weighted by Crippen LogP contribution is 2.10. The summed E-state index contributed by atoms with van der Waals surface area (Å²) in [7, 11) is 3.40. The summed E-state index contributed by atoms with van der Waals surface area (Å²) in [5, 5.41) is 11.8. The van der Waals surface area contributed by atoms with Crippen molar-refractivity contribution in [1.82, 2.24) is 9.88 Å². The Balaban J connectivity index is 2.83. The Labute approximate surface area is 101 Å². The highest BCUT2D eigenvalue weighted by molar-refractivity contribution is 5.83. The lowest BCUT2D eigenvalue weighted by Gasteiger charge is -2.18. The first-order chi connectivity index (χ1) is 7.95. The third kappa shape index (κ3) is 3.18. The van der Waals surface area contributed by atoms with Crippen LogP contribution in [-0.2, 0) is 4.79 Å². The van der Waals surface area contributed by atoms with Crippen LogP contribution in [0.15, 0.2) is 12.1 Å². The third-order valence-electron chi connectivity index (χ3n) is 2.38. The van der Waals surface area contributed by atoms with Crippen LogP contribution in [-0.4, -0.2) is 35.9 Å². The van der Waals surface area contributed by atoms with Crippen molar-refractivity contribution < 1.29 is 4.79 Å². The van der Waals surface area contributed by atoms with Gasteiger partial charge in [-0.25, -0.2) is 4.98 Å². The predicted octanol–water partition coefficient (Wildman–Crippen LogP) is 1.15. The fourth-order valence-electron chi connectivity index (χ4n) is 1.39. The molecule has 0 aliphatic heterocycles. The number of likely N-dealkylation sites (N-methyl/N-ethyl adjacent to an activating group) is 1. The predicted molar refractivity (Wildman–Crippen MR) is 65.5 cm³/mol. The van der Waals surface area contributed by atoms with Crippen molar-refractivity contribution in [3.63, 3.8) is 0 Å². The minimum absolute atomic E-state index is 0.0362. The number of hydrogen-bond donors (Lipinski definition) is 1. The van der Waals surface area contributed by atoms with Crippen molar-refractivity contribution in [3.05, 3.63) is 23.4 Å². The molecule has 0 fully saturated rings. The zero-order chi connectivity index (χ0) is 13.0. The number of carbonyl (C=O) groups excluding carboxylic acids is 1. The second kappa shape index (κ2) is 5.30. The lowest BCUT2D eigenvalue weighted by atomic mass is 10.2. The zero-order valence-corrected chi connectivity index (χ0v) is 10.5. The number of aromatic nitrogens is 1. The summed E-state index contributed by atoms with van der Waals surface area (Å²) in [6.07, 6.45) is 0. The number of nitriles is 1. The molecular formula is C12H16N4O. The number of nitrogens with one attached hydrogen (secondary N) is 1. The Hall–Kier alpha value is -2.09. The molecule has 0 bridgehead atoms. The van der Waals surface area contributed by atoms with E-state index in [0.717, 1.165) is 5.56 Å². The minimum atomic E-state index is -0.369. The summed E-state index contributed by atoms with van der Waals surface area (Å²) < 4.78 is 0. The van der Waals surface area contributed by atoms with Crippen LogP contribution in [0.5, 0.6) is 0 Å². The Morgan fingerprint density at radius 1 is 1.53 bits per heavy atom. The second-order valence-electron chi connectivity index (χ2n) is 4.07. The molecule has 90 valence electrons. The normalized spacial score (nSPS) is 11.5. The van der Waals surface area contributed by atoms with Gasteiger partial charge in [0.2, 0.25) is 5.91 Å². The number of carbonyl (C=O) groups is 1. The molecule has 0 saturated carbocycles. The number of nitrogens with zero attached hydrogens (tertiary/aromatic N) is 3. The fourth-order valence-corrected chi connectivity index (χ4v) is 1.39. The Kier molecular flexibility index (Phi) is 4.05. The average molecular weight is 232 g/mol. The van der Waals surface area contributed by atoms with Crippen LogP contribution < -0.4 is 5.32 Å². The molecule has 0 saturated heterocycles. The van der Waals surface area contributed by atoms with Crippen molar-refractivity contribution in [3.8, 4) is 6.07 Å². The molecule has 0 radical (unpaired) electrons. The van der Waals surface area contributed by atoms with Crippen molar-refractivity contribution >= 4 is 11.7 Å². The van der Waals surface area contributed by atoms with Crippen LogP contribution in [0.3, 0.4) is 0 Å². The van der Waals surface area contributed by atoms with E-state index in [1.165, 1.54) is 4.90 Å². The van der Waals surface area contributed by atoms with Crippen molar-refractivity contribution in [1.29, 1.82) is 5.26 Å². The fraction of sp³-hybridized carbons (Fsp3) is 0.417. The summed E-state index contributed by atoms with van der Waals surface area (Å²) in [6, 6.07) is 5.21. The van der Waals surface area contributed by atoms with Gasteiger partial charge in [0, 0.05) is 14.1 Å². The summed E-state index contributed by atoms with van der Waals surface area (Å²) in [5.74, 6) is 0.501. The van der Waals surface area contributed by atoms with E-state index in [9.17, 15) is 4.79 Å². The maximum atomic E-state index is 11.6. The van der Waals surface area contributed by atoms with Gasteiger partial charge in [-0.15, -0.1) is 0 Å². The molecule has 5 heteroatoms. The van der Waals surface area contributed by atoms with E-state index in [0.29, 0.717) is 11.5 Å². The van der Waals surface area contributed by atoms with Gasteiger partial charge in [-0.2, -0.15) is 5.26 Å². The SMILES string of the molecule is Cc1ccc(N[C@@H](C)C(=O)N(C)C)nc1C#N. The Morgan fingerprint density at radius 2 is 2.18 bits per heavy atom. The molecule has 1 heterocycles. The molecule has 1 aromatic rings. The van der Waals surface area contributed by atoms with Crippen LogP contribution in [0, 0.1) is 18.3 Å². The van der Waals surface area contributed by atoms with E-state index in [1.54, 1.807) is 33.2 Å². The molecule has 0 spiro atoms. The van der Waals surface area contributed by atoms with E-state index in [1.807, 2.05) is 13.0 Å². The monoisotopic (exact) mass is 232 g/mol. The van der Waals surface area contributed by atoms with Gasteiger partial charge in [0.1, 0.15) is 23.6 Å². The smallest absolute Gasteiger partial charge is 0.244 e. The van der Waals surface area contributed by atoms with Crippen molar-refractivity contribution in [2.75, 3.05) is 19.4 Å². The first-order valence-electron chi connectivity index (χ1n) is 5.31. The van der Waals surface area contributed by atoms with E-state index in [2.05, 4.69) is 10.3 Å². The zero-order valence-electron chi connectivity index (χ0n) is 10.5. The molecule has 1 rings (SSSR count). The largest absolute Gasteiger partial charge is 0.359 e. The van der Waals surface area contributed by atoms with Crippen LogP contribution in [0.1, 0.15) is 18.2 Å². The maximum Gasteiger partial charge on any atom is 0.244 e. The summed E-state index contributed by atoms with van der Waals surface area (Å²) in [5.41, 5.74) is 1.20. The van der Waals surface area contributed by atoms with E-state index in [4.69, 9.17) is 5.26 Å². The van der Waals surface area contributed by atoms with Gasteiger partial charge in [-0.1, -0.05) is 6.07 Å².